The Morgan fingerprint density at radius 3 is 2.74 bits per heavy atom. The van der Waals surface area contributed by atoms with Crippen molar-refractivity contribution in [2.75, 3.05) is 5.32 Å². The molecule has 0 saturated carbocycles. The fourth-order valence-corrected chi connectivity index (χ4v) is 1.89. The van der Waals surface area contributed by atoms with Gasteiger partial charge in [-0.05, 0) is 23.8 Å². The van der Waals surface area contributed by atoms with Gasteiger partial charge in [-0.2, -0.15) is 5.10 Å². The van der Waals surface area contributed by atoms with Gasteiger partial charge >= 0.3 is 0 Å². The van der Waals surface area contributed by atoms with Crippen LogP contribution < -0.4 is 5.32 Å². The van der Waals surface area contributed by atoms with Gasteiger partial charge in [0, 0.05) is 30.5 Å². The Balaban J connectivity index is 1.59. The van der Waals surface area contributed by atoms with Gasteiger partial charge < -0.3 is 10.3 Å². The molecule has 1 aromatic carbocycles. The molecule has 2 N–H and O–H groups in total. The lowest BCUT2D eigenvalue weighted by Crippen LogP contribution is -2.02. The normalized spacial score (nSPS) is 10.5. The van der Waals surface area contributed by atoms with Crippen LogP contribution in [0.5, 0.6) is 0 Å². The average Bonchev–Trinajstić information content (AvgIpc) is 3.11. The molecule has 19 heavy (non-hydrogen) atoms. The second kappa shape index (κ2) is 5.39. The van der Waals surface area contributed by atoms with Gasteiger partial charge in [0.05, 0.1) is 13.1 Å². The smallest absolute Gasteiger partial charge is 0.125 e. The van der Waals surface area contributed by atoms with E-state index in [9.17, 15) is 0 Å². The third kappa shape index (κ3) is 3.01. The molecule has 0 saturated heterocycles. The van der Waals surface area contributed by atoms with Crippen LogP contribution in [0.25, 0.3) is 0 Å². The molecule has 0 radical (unpaired) electrons. The first-order valence-electron chi connectivity index (χ1n) is 6.19. The van der Waals surface area contributed by atoms with Gasteiger partial charge in [0.15, 0.2) is 0 Å². The van der Waals surface area contributed by atoms with E-state index in [0.29, 0.717) is 6.54 Å². The predicted molar refractivity (Wildman–Crippen MR) is 73.7 cm³/mol. The van der Waals surface area contributed by atoms with Crippen molar-refractivity contribution < 1.29 is 0 Å². The van der Waals surface area contributed by atoms with Gasteiger partial charge in [0.1, 0.15) is 5.82 Å². The van der Waals surface area contributed by atoms with E-state index in [1.807, 2.05) is 23.1 Å². The Kier molecular flexibility index (Phi) is 3.27. The first kappa shape index (κ1) is 11.5. The van der Waals surface area contributed by atoms with Crippen molar-refractivity contribution in [3.8, 4) is 0 Å². The Hall–Kier alpha value is -2.56. The van der Waals surface area contributed by atoms with E-state index in [1.165, 1.54) is 5.56 Å². The van der Waals surface area contributed by atoms with Crippen LogP contribution in [0.2, 0.25) is 0 Å². The zero-order valence-corrected chi connectivity index (χ0v) is 10.5. The number of aromatic amines is 1. The molecular weight excluding hydrogens is 238 g/mol. The molecule has 0 atom stereocenters. The summed E-state index contributed by atoms with van der Waals surface area (Å²) in [4.78, 5) is 7.23. The lowest BCUT2D eigenvalue weighted by molar-refractivity contribution is 0.687. The fourth-order valence-electron chi connectivity index (χ4n) is 1.89. The largest absolute Gasteiger partial charge is 0.378 e. The van der Waals surface area contributed by atoms with Crippen molar-refractivity contribution in [3.63, 3.8) is 0 Å². The van der Waals surface area contributed by atoms with Gasteiger partial charge in [0.25, 0.3) is 0 Å². The summed E-state index contributed by atoms with van der Waals surface area (Å²) in [6.07, 6.45) is 7.33. The Morgan fingerprint density at radius 2 is 2.05 bits per heavy atom. The summed E-state index contributed by atoms with van der Waals surface area (Å²) in [6, 6.07) is 10.3. The minimum absolute atomic E-state index is 0.700. The SMILES string of the molecule is c1cnn(Cc2ccc(NCc3ncc[nH]3)cc2)c1. The predicted octanol–water partition coefficient (Wildman–Crippen LogP) is 2.27. The van der Waals surface area contributed by atoms with Crippen molar-refractivity contribution in [2.24, 2.45) is 0 Å². The van der Waals surface area contributed by atoms with Crippen molar-refractivity contribution in [2.45, 2.75) is 13.1 Å². The molecule has 0 amide bonds. The number of imidazole rings is 1. The second-order valence-electron chi connectivity index (χ2n) is 4.29. The number of rotatable bonds is 5. The Labute approximate surface area is 111 Å². The average molecular weight is 253 g/mol. The summed E-state index contributed by atoms with van der Waals surface area (Å²) in [6.45, 7) is 1.50. The van der Waals surface area contributed by atoms with Gasteiger partial charge in [0.2, 0.25) is 0 Å². The monoisotopic (exact) mass is 253 g/mol. The molecule has 2 heterocycles. The van der Waals surface area contributed by atoms with Gasteiger partial charge in [-0.3, -0.25) is 4.68 Å². The third-order valence-corrected chi connectivity index (χ3v) is 2.87. The third-order valence-electron chi connectivity index (χ3n) is 2.87. The summed E-state index contributed by atoms with van der Waals surface area (Å²) in [5.74, 6) is 0.931. The minimum atomic E-state index is 0.700. The summed E-state index contributed by atoms with van der Waals surface area (Å²) in [7, 11) is 0. The van der Waals surface area contributed by atoms with Crippen LogP contribution in [0.15, 0.2) is 55.1 Å². The van der Waals surface area contributed by atoms with Crippen molar-refractivity contribution >= 4 is 5.69 Å². The molecule has 0 aliphatic rings. The zero-order valence-electron chi connectivity index (χ0n) is 10.5. The van der Waals surface area contributed by atoms with Crippen LogP contribution in [0, 0.1) is 0 Å². The lowest BCUT2D eigenvalue weighted by atomic mass is 10.2. The van der Waals surface area contributed by atoms with Crippen molar-refractivity contribution in [3.05, 3.63) is 66.5 Å². The molecule has 3 rings (SSSR count). The van der Waals surface area contributed by atoms with Crippen LogP contribution in [0.4, 0.5) is 5.69 Å². The number of nitrogens with one attached hydrogen (secondary N) is 2. The molecule has 0 bridgehead atoms. The highest BCUT2D eigenvalue weighted by Crippen LogP contribution is 2.11. The van der Waals surface area contributed by atoms with Gasteiger partial charge in [-0.15, -0.1) is 0 Å². The molecule has 0 spiro atoms. The van der Waals surface area contributed by atoms with Crippen LogP contribution in [-0.2, 0) is 13.1 Å². The standard InChI is InChI=1S/C14H15N5/c1-6-18-19(9-1)11-12-2-4-13(5-3-12)17-10-14-15-7-8-16-14/h1-9,17H,10-11H2,(H,15,16). The van der Waals surface area contributed by atoms with E-state index in [2.05, 4.69) is 44.6 Å². The second-order valence-corrected chi connectivity index (χ2v) is 4.29. The van der Waals surface area contributed by atoms with Crippen LogP contribution in [0.1, 0.15) is 11.4 Å². The van der Waals surface area contributed by atoms with Crippen molar-refractivity contribution in [1.29, 1.82) is 0 Å². The number of aromatic nitrogens is 4. The summed E-state index contributed by atoms with van der Waals surface area (Å²) >= 11 is 0. The summed E-state index contributed by atoms with van der Waals surface area (Å²) in [5, 5.41) is 7.51. The highest BCUT2D eigenvalue weighted by atomic mass is 15.3. The topological polar surface area (TPSA) is 58.5 Å². The lowest BCUT2D eigenvalue weighted by Gasteiger charge is -2.06. The van der Waals surface area contributed by atoms with E-state index < -0.39 is 0 Å². The molecule has 0 fully saturated rings. The highest BCUT2D eigenvalue weighted by molar-refractivity contribution is 5.44. The van der Waals surface area contributed by atoms with E-state index in [0.717, 1.165) is 18.1 Å². The van der Waals surface area contributed by atoms with Crippen LogP contribution in [-0.4, -0.2) is 19.7 Å². The molecule has 96 valence electrons. The minimum Gasteiger partial charge on any atom is -0.378 e. The summed E-state index contributed by atoms with van der Waals surface area (Å²) < 4.78 is 1.91. The fraction of sp³-hybridized carbons (Fsp3) is 0.143. The maximum absolute atomic E-state index is 4.19. The number of hydrogen-bond donors (Lipinski definition) is 2. The molecule has 5 heteroatoms. The van der Waals surface area contributed by atoms with E-state index in [4.69, 9.17) is 0 Å². The highest BCUT2D eigenvalue weighted by Gasteiger charge is 1.98. The first-order chi connectivity index (χ1) is 9.40. The zero-order chi connectivity index (χ0) is 12.9. The number of anilines is 1. The molecule has 2 aromatic heterocycles. The van der Waals surface area contributed by atoms with Gasteiger partial charge in [-0.25, -0.2) is 4.98 Å². The van der Waals surface area contributed by atoms with Gasteiger partial charge in [-0.1, -0.05) is 12.1 Å². The Bertz CT molecular complexity index is 596. The van der Waals surface area contributed by atoms with Crippen molar-refractivity contribution in [1.82, 2.24) is 19.7 Å². The molecule has 0 aliphatic carbocycles. The molecule has 5 nitrogen and oxygen atoms in total. The number of hydrogen-bond acceptors (Lipinski definition) is 3. The van der Waals surface area contributed by atoms with E-state index >= 15 is 0 Å². The Morgan fingerprint density at radius 1 is 1.16 bits per heavy atom. The number of benzene rings is 1. The molecule has 3 aromatic rings. The first-order valence-corrected chi connectivity index (χ1v) is 6.19. The van der Waals surface area contributed by atoms with Crippen LogP contribution >= 0.6 is 0 Å². The molecule has 0 unspecified atom stereocenters. The number of nitrogens with zero attached hydrogens (tertiary/aromatic N) is 3. The number of H-pyrrole nitrogens is 1. The quantitative estimate of drug-likeness (QED) is 0.733. The van der Waals surface area contributed by atoms with Crippen LogP contribution in [0.3, 0.4) is 0 Å². The molecule has 0 aliphatic heterocycles. The maximum atomic E-state index is 4.19. The maximum Gasteiger partial charge on any atom is 0.125 e. The van der Waals surface area contributed by atoms with E-state index in [-0.39, 0.29) is 0 Å². The van der Waals surface area contributed by atoms with E-state index in [1.54, 1.807) is 12.4 Å². The summed E-state index contributed by atoms with van der Waals surface area (Å²) in [5.41, 5.74) is 2.31. The molecular formula is C14H15N5.